The van der Waals surface area contributed by atoms with E-state index in [4.69, 9.17) is 14.6 Å². The fourth-order valence-electron chi connectivity index (χ4n) is 5.26. The summed E-state index contributed by atoms with van der Waals surface area (Å²) >= 11 is 0. The molecule has 0 saturated carbocycles. The Balaban J connectivity index is 0.000000183. The van der Waals surface area contributed by atoms with E-state index >= 15 is 0 Å². The van der Waals surface area contributed by atoms with Crippen molar-refractivity contribution in [3.8, 4) is 34.1 Å². The molecule has 0 radical (unpaired) electrons. The molecule has 0 aliphatic rings. The van der Waals surface area contributed by atoms with E-state index in [2.05, 4.69) is 20.5 Å². The molecule has 1 N–H and O–H groups in total. The normalized spacial score (nSPS) is 11.8. The van der Waals surface area contributed by atoms with Crippen molar-refractivity contribution in [3.05, 3.63) is 163 Å². The van der Waals surface area contributed by atoms with E-state index < -0.39 is 11.7 Å². The standard InChI is InChI=1S/C23H17N5O.C17H18F3NO/c1-3-9-17(10-4-1)20-15-21-25-26-22(18-11-5-2-6-12-18)28(21)27-23(20)29-16-19-13-7-8-14-24-19;1-21-12-11-16(13-5-3-2-4-6-13)22-15-9-7-14(8-10-15)17(18,19)20/h1-15H,16H2;2-10,16,21H,11-12H2,1H3. The molecule has 1 unspecified atom stereocenters. The molecule has 0 amide bonds. The lowest BCUT2D eigenvalue weighted by atomic mass is 10.1. The summed E-state index contributed by atoms with van der Waals surface area (Å²) in [7, 11) is 1.85. The second-order valence-electron chi connectivity index (χ2n) is 11.4. The molecule has 0 saturated heterocycles. The molecule has 0 aliphatic carbocycles. The first-order chi connectivity index (χ1) is 24.9. The summed E-state index contributed by atoms with van der Waals surface area (Å²) in [6, 6.07) is 42.0. The van der Waals surface area contributed by atoms with Crippen molar-refractivity contribution in [2.24, 2.45) is 0 Å². The highest BCUT2D eigenvalue weighted by molar-refractivity contribution is 5.73. The highest BCUT2D eigenvalue weighted by Gasteiger charge is 2.30. The number of aromatic nitrogens is 5. The Hall–Kier alpha value is -6.07. The second kappa shape index (κ2) is 16.6. The van der Waals surface area contributed by atoms with Crippen LogP contribution in [-0.4, -0.2) is 38.4 Å². The minimum Gasteiger partial charge on any atom is -0.486 e. The summed E-state index contributed by atoms with van der Waals surface area (Å²) in [6.07, 6.45) is -2.06. The van der Waals surface area contributed by atoms with Gasteiger partial charge in [0.25, 0.3) is 0 Å². The Morgan fingerprint density at radius 1 is 0.745 bits per heavy atom. The number of halogens is 3. The summed E-state index contributed by atoms with van der Waals surface area (Å²) in [5, 5.41) is 16.5. The first-order valence-corrected chi connectivity index (χ1v) is 16.3. The monoisotopic (exact) mass is 688 g/mol. The zero-order valence-corrected chi connectivity index (χ0v) is 27.7. The van der Waals surface area contributed by atoms with Crippen molar-refractivity contribution in [3.63, 3.8) is 0 Å². The first-order valence-electron chi connectivity index (χ1n) is 16.3. The molecule has 3 aromatic heterocycles. The molecule has 11 heteroatoms. The predicted octanol–water partition coefficient (Wildman–Crippen LogP) is 8.87. The Morgan fingerprint density at radius 2 is 1.39 bits per heavy atom. The number of hydrogen-bond acceptors (Lipinski definition) is 7. The molecule has 4 aromatic carbocycles. The van der Waals surface area contributed by atoms with Gasteiger partial charge in [0.05, 0.1) is 11.3 Å². The van der Waals surface area contributed by atoms with Crippen molar-refractivity contribution in [2.45, 2.75) is 25.3 Å². The van der Waals surface area contributed by atoms with Gasteiger partial charge in [-0.05, 0) is 67.2 Å². The average Bonchev–Trinajstić information content (AvgIpc) is 3.60. The minimum atomic E-state index is -4.33. The van der Waals surface area contributed by atoms with Gasteiger partial charge in [-0.3, -0.25) is 4.98 Å². The summed E-state index contributed by atoms with van der Waals surface area (Å²) in [6.45, 7) is 1.07. The fraction of sp³-hybridized carbons (Fsp3) is 0.150. The number of benzene rings is 4. The van der Waals surface area contributed by atoms with Crippen LogP contribution in [0.2, 0.25) is 0 Å². The average molecular weight is 689 g/mol. The van der Waals surface area contributed by atoms with Gasteiger partial charge in [-0.25, -0.2) is 0 Å². The molecule has 8 nitrogen and oxygen atoms in total. The lowest BCUT2D eigenvalue weighted by molar-refractivity contribution is -0.137. The summed E-state index contributed by atoms with van der Waals surface area (Å²) in [5.74, 6) is 1.60. The number of pyridine rings is 1. The van der Waals surface area contributed by atoms with Crippen LogP contribution in [0.3, 0.4) is 0 Å². The largest absolute Gasteiger partial charge is 0.486 e. The van der Waals surface area contributed by atoms with Crippen LogP contribution in [0, 0.1) is 0 Å². The van der Waals surface area contributed by atoms with Crippen LogP contribution in [-0.2, 0) is 12.8 Å². The van der Waals surface area contributed by atoms with E-state index in [0.717, 1.165) is 53.0 Å². The maximum Gasteiger partial charge on any atom is 0.416 e. The van der Waals surface area contributed by atoms with Gasteiger partial charge < -0.3 is 14.8 Å². The third-order valence-electron chi connectivity index (χ3n) is 7.85. The lowest BCUT2D eigenvalue weighted by Gasteiger charge is -2.20. The van der Waals surface area contributed by atoms with Gasteiger partial charge in [0.2, 0.25) is 5.88 Å². The van der Waals surface area contributed by atoms with Crippen LogP contribution in [0.5, 0.6) is 11.6 Å². The van der Waals surface area contributed by atoms with E-state index in [1.165, 1.54) is 12.1 Å². The van der Waals surface area contributed by atoms with Crippen LogP contribution in [0.15, 0.2) is 146 Å². The van der Waals surface area contributed by atoms with E-state index in [0.29, 0.717) is 29.7 Å². The van der Waals surface area contributed by atoms with Gasteiger partial charge in [-0.1, -0.05) is 97.1 Å². The van der Waals surface area contributed by atoms with Gasteiger partial charge in [-0.2, -0.15) is 17.7 Å². The number of nitrogens with zero attached hydrogens (tertiary/aromatic N) is 5. The van der Waals surface area contributed by atoms with Crippen molar-refractivity contribution in [1.82, 2.24) is 30.1 Å². The van der Waals surface area contributed by atoms with Crippen LogP contribution >= 0.6 is 0 Å². The van der Waals surface area contributed by atoms with Crippen LogP contribution in [0.25, 0.3) is 28.2 Å². The van der Waals surface area contributed by atoms with E-state index in [1.54, 1.807) is 10.7 Å². The SMILES string of the molecule is CNCCC(Oc1ccc(C(F)(F)F)cc1)c1ccccc1.c1ccc(-c2cc3nnc(-c4ccccc4)n3nc2OCc2ccccn2)cc1. The van der Waals surface area contributed by atoms with Gasteiger partial charge in [0, 0.05) is 23.7 Å². The van der Waals surface area contributed by atoms with Gasteiger partial charge in [-0.15, -0.1) is 15.3 Å². The predicted molar refractivity (Wildman–Crippen MR) is 190 cm³/mol. The Bertz CT molecular complexity index is 2100. The summed E-state index contributed by atoms with van der Waals surface area (Å²) in [5.41, 5.74) is 4.62. The molecule has 7 rings (SSSR count). The molecular formula is C40H35F3N6O2. The van der Waals surface area contributed by atoms with Gasteiger partial charge in [0.15, 0.2) is 11.5 Å². The molecule has 0 aliphatic heterocycles. The number of alkyl halides is 3. The third-order valence-corrected chi connectivity index (χ3v) is 7.85. The Kier molecular flexibility index (Phi) is 11.3. The number of rotatable bonds is 11. The molecule has 1 atom stereocenters. The molecule has 7 aromatic rings. The van der Waals surface area contributed by atoms with Crippen molar-refractivity contribution in [1.29, 1.82) is 0 Å². The molecule has 0 fully saturated rings. The molecule has 258 valence electrons. The molecular weight excluding hydrogens is 653 g/mol. The fourth-order valence-corrected chi connectivity index (χ4v) is 5.26. The molecule has 0 bridgehead atoms. The lowest BCUT2D eigenvalue weighted by Crippen LogP contribution is -2.16. The van der Waals surface area contributed by atoms with Gasteiger partial charge >= 0.3 is 6.18 Å². The molecule has 0 spiro atoms. The van der Waals surface area contributed by atoms with Crippen LogP contribution < -0.4 is 14.8 Å². The smallest absolute Gasteiger partial charge is 0.416 e. The maximum absolute atomic E-state index is 12.6. The highest BCUT2D eigenvalue weighted by atomic mass is 19.4. The van der Waals surface area contributed by atoms with Crippen molar-refractivity contribution in [2.75, 3.05) is 13.6 Å². The van der Waals surface area contributed by atoms with Crippen molar-refractivity contribution >= 4 is 5.65 Å². The van der Waals surface area contributed by atoms with Crippen molar-refractivity contribution < 1.29 is 22.6 Å². The molecule has 3 heterocycles. The number of nitrogens with one attached hydrogen (secondary N) is 1. The van der Waals surface area contributed by atoms with E-state index in [9.17, 15) is 13.2 Å². The molecule has 51 heavy (non-hydrogen) atoms. The first kappa shape index (κ1) is 34.8. The topological polar surface area (TPSA) is 86.5 Å². The summed E-state index contributed by atoms with van der Waals surface area (Å²) < 4.78 is 51.4. The highest BCUT2D eigenvalue weighted by Crippen LogP contribution is 2.33. The number of hydrogen-bond donors (Lipinski definition) is 1. The summed E-state index contributed by atoms with van der Waals surface area (Å²) in [4.78, 5) is 4.33. The second-order valence-corrected chi connectivity index (χ2v) is 11.4. The third kappa shape index (κ3) is 9.14. The van der Waals surface area contributed by atoms with Crippen LogP contribution in [0.4, 0.5) is 13.2 Å². The van der Waals surface area contributed by atoms with Crippen LogP contribution in [0.1, 0.15) is 29.3 Å². The zero-order chi connectivity index (χ0) is 35.5. The Morgan fingerprint density at radius 3 is 2.02 bits per heavy atom. The number of ether oxygens (including phenoxy) is 2. The maximum atomic E-state index is 12.6. The quantitative estimate of drug-likeness (QED) is 0.145. The van der Waals surface area contributed by atoms with E-state index in [1.807, 2.05) is 122 Å². The zero-order valence-electron chi connectivity index (χ0n) is 27.7. The minimum absolute atomic E-state index is 0.203. The van der Waals surface area contributed by atoms with Gasteiger partial charge in [0.1, 0.15) is 18.5 Å². The van der Waals surface area contributed by atoms with E-state index in [-0.39, 0.29) is 6.10 Å². The number of fused-ring (bicyclic) bond motifs is 1. The Labute approximate surface area is 293 Å².